The van der Waals surface area contributed by atoms with Crippen LogP contribution in [0.4, 0.5) is 0 Å². The van der Waals surface area contributed by atoms with Gasteiger partial charge in [-0.15, -0.1) is 0 Å². The minimum Gasteiger partial charge on any atom is -0.343 e. The fourth-order valence-corrected chi connectivity index (χ4v) is 1.96. The van der Waals surface area contributed by atoms with Gasteiger partial charge in [0.05, 0.1) is 13.0 Å². The molecule has 0 bridgehead atoms. The number of hydroxylamine groups is 2. The number of rotatable bonds is 3. The summed E-state index contributed by atoms with van der Waals surface area (Å²) in [6.07, 6.45) is 1.62. The Morgan fingerprint density at radius 3 is 2.72 bits per heavy atom. The second kappa shape index (κ2) is 4.58. The number of amides is 1. The minimum absolute atomic E-state index is 0.0753. The molecular weight excluding hydrogens is 234 g/mol. The molecular formula is C12H11N3O3. The summed E-state index contributed by atoms with van der Waals surface area (Å²) in [6, 6.07) is 9.03. The molecule has 0 saturated carbocycles. The number of benzene rings is 1. The molecule has 0 radical (unpaired) electrons. The van der Waals surface area contributed by atoms with Crippen LogP contribution < -0.4 is 0 Å². The van der Waals surface area contributed by atoms with Crippen LogP contribution in [0.2, 0.25) is 0 Å². The third-order valence-corrected chi connectivity index (χ3v) is 2.76. The van der Waals surface area contributed by atoms with E-state index < -0.39 is 6.04 Å². The Balaban J connectivity index is 2.01. The molecule has 92 valence electrons. The van der Waals surface area contributed by atoms with E-state index in [2.05, 4.69) is 10.1 Å². The van der Waals surface area contributed by atoms with Crippen molar-refractivity contribution >= 4 is 5.91 Å². The quantitative estimate of drug-likeness (QED) is 0.815. The van der Waals surface area contributed by atoms with Crippen LogP contribution in [-0.4, -0.2) is 27.7 Å². The van der Waals surface area contributed by atoms with E-state index in [1.165, 1.54) is 11.5 Å². The van der Waals surface area contributed by atoms with Gasteiger partial charge in [-0.25, -0.2) is 5.06 Å². The van der Waals surface area contributed by atoms with Gasteiger partial charge in [0.1, 0.15) is 6.04 Å². The lowest BCUT2D eigenvalue weighted by Crippen LogP contribution is -2.30. The fourth-order valence-electron chi connectivity index (χ4n) is 1.96. The maximum atomic E-state index is 11.8. The van der Waals surface area contributed by atoms with Gasteiger partial charge in [0.2, 0.25) is 18.1 Å². The lowest BCUT2D eigenvalue weighted by atomic mass is 10.1. The van der Waals surface area contributed by atoms with Gasteiger partial charge in [0, 0.05) is 0 Å². The number of nitrogens with zero attached hydrogens (tertiary/aromatic N) is 3. The first-order valence-electron chi connectivity index (χ1n) is 5.62. The van der Waals surface area contributed by atoms with Gasteiger partial charge >= 0.3 is 0 Å². The molecule has 1 atom stereocenters. The standard InChI is InChI=1S/C12H11N3O3/c16-10-6-7-18-15(10)11(12-13-8-17-14-12)9-4-2-1-3-5-9/h1-5,8,11H,6-7H2. The van der Waals surface area contributed by atoms with E-state index in [0.29, 0.717) is 18.9 Å². The van der Waals surface area contributed by atoms with Gasteiger partial charge in [-0.05, 0) is 5.56 Å². The van der Waals surface area contributed by atoms with Gasteiger partial charge in [-0.1, -0.05) is 35.5 Å². The van der Waals surface area contributed by atoms with Crippen molar-refractivity contribution < 1.29 is 14.2 Å². The summed E-state index contributed by atoms with van der Waals surface area (Å²) in [5, 5.41) is 5.13. The van der Waals surface area contributed by atoms with Gasteiger partial charge in [-0.2, -0.15) is 4.98 Å². The van der Waals surface area contributed by atoms with Crippen molar-refractivity contribution in [1.29, 1.82) is 0 Å². The van der Waals surface area contributed by atoms with E-state index in [4.69, 9.17) is 9.36 Å². The molecule has 1 unspecified atom stereocenters. The Morgan fingerprint density at radius 2 is 2.11 bits per heavy atom. The topological polar surface area (TPSA) is 68.5 Å². The smallest absolute Gasteiger partial charge is 0.249 e. The highest BCUT2D eigenvalue weighted by Crippen LogP contribution is 2.29. The molecule has 18 heavy (non-hydrogen) atoms. The molecule has 0 spiro atoms. The fraction of sp³-hybridized carbons (Fsp3) is 0.250. The Labute approximate surface area is 103 Å². The highest BCUT2D eigenvalue weighted by atomic mass is 16.7. The van der Waals surface area contributed by atoms with Crippen molar-refractivity contribution in [2.75, 3.05) is 6.61 Å². The number of hydrogen-bond acceptors (Lipinski definition) is 5. The van der Waals surface area contributed by atoms with Crippen molar-refractivity contribution in [2.24, 2.45) is 0 Å². The molecule has 6 heteroatoms. The summed E-state index contributed by atoms with van der Waals surface area (Å²) >= 11 is 0. The zero-order chi connectivity index (χ0) is 12.4. The van der Waals surface area contributed by atoms with E-state index in [1.807, 2.05) is 30.3 Å². The SMILES string of the molecule is O=C1CCON1C(c1ccccc1)c1ncon1. The predicted molar refractivity (Wildman–Crippen MR) is 60.0 cm³/mol. The first kappa shape index (κ1) is 10.9. The molecule has 1 aromatic heterocycles. The Morgan fingerprint density at radius 1 is 1.28 bits per heavy atom. The van der Waals surface area contributed by atoms with Crippen LogP contribution in [0.3, 0.4) is 0 Å². The monoisotopic (exact) mass is 245 g/mol. The highest BCUT2D eigenvalue weighted by Gasteiger charge is 2.34. The lowest BCUT2D eigenvalue weighted by molar-refractivity contribution is -0.171. The molecule has 1 saturated heterocycles. The maximum Gasteiger partial charge on any atom is 0.249 e. The van der Waals surface area contributed by atoms with Gasteiger partial charge in [0.25, 0.3) is 0 Å². The average Bonchev–Trinajstić information content (AvgIpc) is 3.05. The first-order valence-corrected chi connectivity index (χ1v) is 5.62. The molecule has 3 rings (SSSR count). The molecule has 1 aromatic carbocycles. The molecule has 2 heterocycles. The van der Waals surface area contributed by atoms with Crippen LogP contribution in [0.25, 0.3) is 0 Å². The van der Waals surface area contributed by atoms with Gasteiger partial charge in [-0.3, -0.25) is 9.63 Å². The van der Waals surface area contributed by atoms with E-state index >= 15 is 0 Å². The normalized spacial score (nSPS) is 17.1. The Bertz CT molecular complexity index is 527. The number of hydrogen-bond donors (Lipinski definition) is 0. The zero-order valence-electron chi connectivity index (χ0n) is 9.52. The molecule has 0 aliphatic carbocycles. The van der Waals surface area contributed by atoms with Crippen LogP contribution in [0.15, 0.2) is 41.2 Å². The second-order valence-electron chi connectivity index (χ2n) is 3.91. The van der Waals surface area contributed by atoms with Gasteiger partial charge < -0.3 is 4.52 Å². The van der Waals surface area contributed by atoms with Crippen molar-refractivity contribution in [1.82, 2.24) is 15.2 Å². The third kappa shape index (κ3) is 1.86. The number of carbonyl (C=O) groups is 1. The second-order valence-corrected chi connectivity index (χ2v) is 3.91. The average molecular weight is 245 g/mol. The lowest BCUT2D eigenvalue weighted by Gasteiger charge is -2.23. The molecule has 1 aliphatic heterocycles. The first-order chi connectivity index (χ1) is 8.86. The van der Waals surface area contributed by atoms with Crippen LogP contribution >= 0.6 is 0 Å². The Hall–Kier alpha value is -2.21. The van der Waals surface area contributed by atoms with Gasteiger partial charge in [0.15, 0.2) is 0 Å². The maximum absolute atomic E-state index is 11.8. The van der Waals surface area contributed by atoms with Crippen molar-refractivity contribution in [3.8, 4) is 0 Å². The summed E-state index contributed by atoms with van der Waals surface area (Å²) in [7, 11) is 0. The largest absolute Gasteiger partial charge is 0.343 e. The molecule has 1 amide bonds. The molecule has 1 fully saturated rings. The molecule has 2 aromatic rings. The summed E-state index contributed by atoms with van der Waals surface area (Å²) < 4.78 is 4.76. The Kier molecular flexibility index (Phi) is 2.77. The van der Waals surface area contributed by atoms with E-state index in [-0.39, 0.29) is 5.91 Å². The highest BCUT2D eigenvalue weighted by molar-refractivity contribution is 5.77. The van der Waals surface area contributed by atoms with Crippen LogP contribution in [0, 0.1) is 0 Å². The minimum atomic E-state index is -0.458. The van der Waals surface area contributed by atoms with Crippen molar-refractivity contribution in [3.63, 3.8) is 0 Å². The molecule has 1 aliphatic rings. The van der Waals surface area contributed by atoms with Crippen molar-refractivity contribution in [3.05, 3.63) is 48.1 Å². The summed E-state index contributed by atoms with van der Waals surface area (Å²) in [5.74, 6) is 0.338. The summed E-state index contributed by atoms with van der Waals surface area (Å²) in [4.78, 5) is 21.2. The molecule has 6 nitrogen and oxygen atoms in total. The van der Waals surface area contributed by atoms with Crippen LogP contribution in [0.5, 0.6) is 0 Å². The number of aromatic nitrogens is 2. The third-order valence-electron chi connectivity index (χ3n) is 2.76. The molecule has 0 N–H and O–H groups in total. The summed E-state index contributed by atoms with van der Waals surface area (Å²) in [6.45, 7) is 0.389. The van der Waals surface area contributed by atoms with E-state index in [0.717, 1.165) is 5.56 Å². The van der Waals surface area contributed by atoms with Crippen molar-refractivity contribution in [2.45, 2.75) is 12.5 Å². The zero-order valence-corrected chi connectivity index (χ0v) is 9.52. The number of carbonyl (C=O) groups excluding carboxylic acids is 1. The predicted octanol–water partition coefficient (Wildman–Crippen LogP) is 1.32. The summed E-state index contributed by atoms with van der Waals surface area (Å²) in [5.41, 5.74) is 0.883. The van der Waals surface area contributed by atoms with Crippen LogP contribution in [-0.2, 0) is 9.63 Å². The van der Waals surface area contributed by atoms with Crippen LogP contribution in [0.1, 0.15) is 23.9 Å². The van der Waals surface area contributed by atoms with E-state index in [1.54, 1.807) is 0 Å². The van der Waals surface area contributed by atoms with E-state index in [9.17, 15) is 4.79 Å².